The normalized spacial score (nSPS) is 17.5. The third-order valence-corrected chi connectivity index (χ3v) is 4.81. The summed E-state index contributed by atoms with van der Waals surface area (Å²) in [5.41, 5.74) is 0. The first kappa shape index (κ1) is 10.6. The minimum atomic E-state index is -1.88. The summed E-state index contributed by atoms with van der Waals surface area (Å²) in [6, 6.07) is 0. The van der Waals surface area contributed by atoms with Gasteiger partial charge in [-0.2, -0.15) is 0 Å². The number of aliphatic hydroxyl groups is 1. The number of aliphatic carboxylic acids is 1. The first-order valence-electron chi connectivity index (χ1n) is 3.46. The third-order valence-electron chi connectivity index (χ3n) is 1.84. The van der Waals surface area contributed by atoms with E-state index in [4.69, 9.17) is 5.11 Å². The highest BCUT2D eigenvalue weighted by atomic mass is 28.3. The standard InChI is InChI=1S/C7H15O3Si/c1-7(10,5-6(8)9)11(2,3)4/h10H,1,5H2,2-4H3,(H,8,9). The van der Waals surface area contributed by atoms with E-state index in [1.54, 1.807) is 0 Å². The molecule has 0 fully saturated rings. The largest absolute Gasteiger partial charge is 0.481 e. The van der Waals surface area contributed by atoms with Gasteiger partial charge in [0.05, 0.1) is 19.7 Å². The van der Waals surface area contributed by atoms with Crippen molar-refractivity contribution >= 4 is 14.0 Å². The summed E-state index contributed by atoms with van der Waals surface area (Å²) >= 11 is 0. The Labute approximate surface area is 68.1 Å². The molecule has 0 amide bonds. The Morgan fingerprint density at radius 3 is 2.00 bits per heavy atom. The van der Waals surface area contributed by atoms with Crippen LogP contribution >= 0.6 is 0 Å². The van der Waals surface area contributed by atoms with Gasteiger partial charge in [-0.3, -0.25) is 4.79 Å². The Balaban J connectivity index is 4.34. The molecular formula is C7H15O3Si. The predicted octanol–water partition coefficient (Wildman–Crippen LogP) is 0.904. The molecule has 4 heteroatoms. The van der Waals surface area contributed by atoms with Gasteiger partial charge in [-0.1, -0.05) is 19.6 Å². The molecule has 0 rings (SSSR count). The van der Waals surface area contributed by atoms with Crippen LogP contribution in [0.3, 0.4) is 0 Å². The minimum Gasteiger partial charge on any atom is -0.481 e. The molecule has 1 radical (unpaired) electrons. The van der Waals surface area contributed by atoms with E-state index in [-0.39, 0.29) is 6.42 Å². The van der Waals surface area contributed by atoms with Crippen molar-refractivity contribution < 1.29 is 15.0 Å². The van der Waals surface area contributed by atoms with Crippen molar-refractivity contribution in [1.29, 1.82) is 0 Å². The highest BCUT2D eigenvalue weighted by molar-refractivity contribution is 6.79. The number of hydrogen-bond acceptors (Lipinski definition) is 2. The van der Waals surface area contributed by atoms with E-state index in [2.05, 4.69) is 6.92 Å². The lowest BCUT2D eigenvalue weighted by Crippen LogP contribution is -2.51. The van der Waals surface area contributed by atoms with Crippen LogP contribution in [0.5, 0.6) is 0 Å². The molecule has 0 saturated heterocycles. The van der Waals surface area contributed by atoms with Gasteiger partial charge >= 0.3 is 5.97 Å². The molecule has 0 bridgehead atoms. The van der Waals surface area contributed by atoms with Crippen LogP contribution in [0.4, 0.5) is 0 Å². The summed E-state index contributed by atoms with van der Waals surface area (Å²) in [6.45, 7) is 9.19. The molecule has 3 nitrogen and oxygen atoms in total. The minimum absolute atomic E-state index is 0.261. The summed E-state index contributed by atoms with van der Waals surface area (Å²) < 4.78 is 0. The molecule has 65 valence electrons. The van der Waals surface area contributed by atoms with Gasteiger partial charge in [0.2, 0.25) is 0 Å². The van der Waals surface area contributed by atoms with Crippen LogP contribution in [0.2, 0.25) is 19.6 Å². The molecule has 0 aromatic carbocycles. The number of rotatable bonds is 3. The molecule has 11 heavy (non-hydrogen) atoms. The van der Waals surface area contributed by atoms with E-state index in [9.17, 15) is 9.90 Å². The molecule has 0 aliphatic carbocycles. The zero-order chi connectivity index (χ0) is 9.28. The molecule has 2 N–H and O–H groups in total. The molecule has 0 saturated carbocycles. The monoisotopic (exact) mass is 175 g/mol. The van der Waals surface area contributed by atoms with Crippen molar-refractivity contribution in [2.75, 3.05) is 0 Å². The molecule has 0 aromatic rings. The van der Waals surface area contributed by atoms with E-state index in [0.717, 1.165) is 0 Å². The van der Waals surface area contributed by atoms with Crippen LogP contribution in [0, 0.1) is 6.92 Å². The zero-order valence-electron chi connectivity index (χ0n) is 7.22. The first-order chi connectivity index (χ1) is 4.67. The molecule has 1 atom stereocenters. The molecule has 0 spiro atoms. The van der Waals surface area contributed by atoms with Crippen molar-refractivity contribution in [1.82, 2.24) is 0 Å². The van der Waals surface area contributed by atoms with Crippen LogP contribution in [-0.4, -0.2) is 29.5 Å². The summed E-state index contributed by atoms with van der Waals surface area (Å²) in [5.74, 6) is -0.995. The molecule has 0 aliphatic heterocycles. The Kier molecular flexibility index (Phi) is 2.85. The van der Waals surface area contributed by atoms with E-state index in [0.29, 0.717) is 0 Å². The van der Waals surface area contributed by atoms with Gasteiger partial charge in [-0.15, -0.1) is 0 Å². The number of carboxylic acid groups (broad SMARTS) is 1. The summed E-state index contributed by atoms with van der Waals surface area (Å²) in [5, 5.41) is 16.8. The van der Waals surface area contributed by atoms with Crippen LogP contribution in [0.25, 0.3) is 0 Å². The van der Waals surface area contributed by atoms with Gasteiger partial charge < -0.3 is 10.2 Å². The van der Waals surface area contributed by atoms with E-state index >= 15 is 0 Å². The first-order valence-corrected chi connectivity index (χ1v) is 6.96. The number of carboxylic acids is 1. The summed E-state index contributed by atoms with van der Waals surface area (Å²) in [4.78, 5) is 10.3. The summed E-state index contributed by atoms with van der Waals surface area (Å²) in [6.07, 6.45) is -0.261. The average Bonchev–Trinajstić information content (AvgIpc) is 1.56. The van der Waals surface area contributed by atoms with Crippen LogP contribution in [0.1, 0.15) is 6.42 Å². The Hall–Kier alpha value is -0.353. The third kappa shape index (κ3) is 3.03. The molecular weight excluding hydrogens is 160 g/mol. The lowest BCUT2D eigenvalue weighted by atomic mass is 10.3. The maximum Gasteiger partial charge on any atom is 0.305 e. The maximum atomic E-state index is 10.3. The van der Waals surface area contributed by atoms with Gasteiger partial charge in [-0.05, 0) is 6.92 Å². The predicted molar refractivity (Wildman–Crippen MR) is 45.9 cm³/mol. The quantitative estimate of drug-likeness (QED) is 0.627. The van der Waals surface area contributed by atoms with Crippen LogP contribution in [0.15, 0.2) is 0 Å². The second kappa shape index (κ2) is 2.95. The SMILES string of the molecule is [CH2]C(O)(CC(=O)O)[Si](C)(C)C. The average molecular weight is 175 g/mol. The van der Waals surface area contributed by atoms with E-state index in [1.807, 2.05) is 19.6 Å². The van der Waals surface area contributed by atoms with Crippen molar-refractivity contribution in [3.63, 3.8) is 0 Å². The fraction of sp³-hybridized carbons (Fsp3) is 0.714. The van der Waals surface area contributed by atoms with Gasteiger partial charge in [-0.25, -0.2) is 0 Å². The van der Waals surface area contributed by atoms with Crippen molar-refractivity contribution in [3.05, 3.63) is 6.92 Å². The molecule has 1 unspecified atom stereocenters. The molecule has 0 heterocycles. The Morgan fingerprint density at radius 1 is 1.55 bits per heavy atom. The highest BCUT2D eigenvalue weighted by Crippen LogP contribution is 2.22. The van der Waals surface area contributed by atoms with Crippen molar-refractivity contribution in [3.8, 4) is 0 Å². The van der Waals surface area contributed by atoms with Crippen LogP contribution in [-0.2, 0) is 4.79 Å². The second-order valence-electron chi connectivity index (χ2n) is 3.85. The molecule has 0 aliphatic rings. The highest BCUT2D eigenvalue weighted by Gasteiger charge is 2.38. The zero-order valence-corrected chi connectivity index (χ0v) is 8.22. The summed E-state index contributed by atoms with van der Waals surface area (Å²) in [7, 11) is -1.88. The maximum absolute atomic E-state index is 10.3. The van der Waals surface area contributed by atoms with E-state index in [1.165, 1.54) is 0 Å². The number of hydrogen-bond donors (Lipinski definition) is 2. The van der Waals surface area contributed by atoms with Crippen LogP contribution < -0.4 is 0 Å². The fourth-order valence-corrected chi connectivity index (χ4v) is 1.20. The lowest BCUT2D eigenvalue weighted by molar-refractivity contribution is -0.139. The van der Waals surface area contributed by atoms with Gasteiger partial charge in [0.1, 0.15) is 0 Å². The van der Waals surface area contributed by atoms with Crippen molar-refractivity contribution in [2.24, 2.45) is 0 Å². The smallest absolute Gasteiger partial charge is 0.305 e. The van der Waals surface area contributed by atoms with Gasteiger partial charge in [0.15, 0.2) is 0 Å². The van der Waals surface area contributed by atoms with Crippen molar-refractivity contribution in [2.45, 2.75) is 31.3 Å². The Morgan fingerprint density at radius 2 is 1.91 bits per heavy atom. The van der Waals surface area contributed by atoms with E-state index < -0.39 is 19.3 Å². The van der Waals surface area contributed by atoms with Gasteiger partial charge in [0, 0.05) is 0 Å². The topological polar surface area (TPSA) is 57.5 Å². The molecule has 0 aromatic heterocycles. The second-order valence-corrected chi connectivity index (χ2v) is 9.28. The fourth-order valence-electron chi connectivity index (χ4n) is 0.515. The lowest BCUT2D eigenvalue weighted by Gasteiger charge is -2.33. The number of carbonyl (C=O) groups is 1. The van der Waals surface area contributed by atoms with Gasteiger partial charge in [0.25, 0.3) is 0 Å². The Bertz CT molecular complexity index is 158.